The predicted octanol–water partition coefficient (Wildman–Crippen LogP) is 3.60. The lowest BCUT2D eigenvalue weighted by Crippen LogP contribution is -2.23. The van der Waals surface area contributed by atoms with E-state index in [1.165, 1.54) is 37.5 Å². The maximum Gasteiger partial charge on any atom is 0.387 e. The van der Waals surface area contributed by atoms with Crippen molar-refractivity contribution >= 4 is 17.6 Å². The molecule has 2 aliphatic carbocycles. The molecule has 0 heterocycles. The predicted molar refractivity (Wildman–Crippen MR) is 86.2 cm³/mol. The summed E-state index contributed by atoms with van der Waals surface area (Å²) in [6.45, 7) is -3.43. The average molecular weight is 353 g/mol. The Morgan fingerprint density at radius 1 is 1.20 bits per heavy atom. The lowest BCUT2D eigenvalue weighted by atomic mass is 9.86. The minimum atomic E-state index is -2.99. The van der Waals surface area contributed by atoms with Crippen molar-refractivity contribution in [1.29, 1.82) is 0 Å². The number of benzene rings is 1. The van der Waals surface area contributed by atoms with Gasteiger partial charge in [0.1, 0.15) is 5.75 Å². The van der Waals surface area contributed by atoms with Crippen LogP contribution in [0.5, 0.6) is 5.75 Å². The zero-order chi connectivity index (χ0) is 17.8. The van der Waals surface area contributed by atoms with Gasteiger partial charge in [-0.05, 0) is 49.1 Å². The fourth-order valence-electron chi connectivity index (χ4n) is 4.00. The maximum atomic E-state index is 12.3. The molecule has 0 saturated heterocycles. The molecule has 1 aromatic rings. The summed E-state index contributed by atoms with van der Waals surface area (Å²) in [5.74, 6) is 0.618. The molecule has 2 saturated carbocycles. The smallest absolute Gasteiger partial charge is 0.387 e. The van der Waals surface area contributed by atoms with Crippen LogP contribution >= 0.6 is 0 Å². The van der Waals surface area contributed by atoms with Gasteiger partial charge >= 0.3 is 12.6 Å². The molecule has 0 radical (unpaired) electrons. The maximum absolute atomic E-state index is 12.3. The second-order valence-electron chi connectivity index (χ2n) is 6.72. The van der Waals surface area contributed by atoms with Crippen LogP contribution in [0.4, 0.5) is 14.5 Å². The van der Waals surface area contributed by atoms with Gasteiger partial charge in [0, 0.05) is 6.42 Å². The molecule has 1 aromatic carbocycles. The molecule has 1 N–H and O–H groups in total. The lowest BCUT2D eigenvalue weighted by Gasteiger charge is -2.20. The molecule has 7 heteroatoms. The zero-order valence-electron chi connectivity index (χ0n) is 13.8. The summed E-state index contributed by atoms with van der Waals surface area (Å²) in [6.07, 6.45) is 5.08. The fraction of sp³-hybridized carbons (Fsp3) is 0.556. The Kier molecular flexibility index (Phi) is 5.50. The number of fused-ring (bicyclic) bond motifs is 2. The summed E-state index contributed by atoms with van der Waals surface area (Å²) in [5.41, 5.74) is 0.108. The van der Waals surface area contributed by atoms with E-state index in [4.69, 9.17) is 4.74 Å². The second-order valence-corrected chi connectivity index (χ2v) is 6.72. The van der Waals surface area contributed by atoms with Gasteiger partial charge in [0.05, 0.1) is 5.69 Å². The lowest BCUT2D eigenvalue weighted by molar-refractivity contribution is -0.148. The van der Waals surface area contributed by atoms with Crippen molar-refractivity contribution in [3.63, 3.8) is 0 Å². The topological polar surface area (TPSA) is 64.6 Å². The normalized spacial score (nSPS) is 24.4. The summed E-state index contributed by atoms with van der Waals surface area (Å²) in [6, 6.07) is 5.85. The van der Waals surface area contributed by atoms with E-state index < -0.39 is 19.1 Å². The number of nitrogens with one attached hydrogen (secondary N) is 1. The van der Waals surface area contributed by atoms with E-state index in [0.29, 0.717) is 18.3 Å². The van der Waals surface area contributed by atoms with Gasteiger partial charge in [0.25, 0.3) is 5.91 Å². The molecule has 2 aliphatic rings. The summed E-state index contributed by atoms with van der Waals surface area (Å²) >= 11 is 0. The van der Waals surface area contributed by atoms with E-state index in [2.05, 4.69) is 10.1 Å². The van der Waals surface area contributed by atoms with Gasteiger partial charge in [-0.15, -0.1) is 0 Å². The number of carbonyl (C=O) groups excluding carboxylic acids is 2. The number of alkyl halides is 2. The monoisotopic (exact) mass is 353 g/mol. The van der Waals surface area contributed by atoms with Crippen LogP contribution in [0, 0.1) is 17.8 Å². The highest BCUT2D eigenvalue weighted by Crippen LogP contribution is 2.49. The number of hydrogen-bond acceptors (Lipinski definition) is 4. The quantitative estimate of drug-likeness (QED) is 0.761. The van der Waals surface area contributed by atoms with Gasteiger partial charge in [-0.3, -0.25) is 9.59 Å². The van der Waals surface area contributed by atoms with Gasteiger partial charge in [0.15, 0.2) is 6.61 Å². The van der Waals surface area contributed by atoms with Crippen molar-refractivity contribution < 1.29 is 27.8 Å². The van der Waals surface area contributed by atoms with Crippen LogP contribution in [0.15, 0.2) is 24.3 Å². The van der Waals surface area contributed by atoms with Gasteiger partial charge in [-0.2, -0.15) is 8.78 Å². The van der Waals surface area contributed by atoms with E-state index in [0.717, 1.165) is 12.3 Å². The van der Waals surface area contributed by atoms with Crippen molar-refractivity contribution in [2.45, 2.75) is 38.7 Å². The first-order valence-electron chi connectivity index (χ1n) is 8.50. The van der Waals surface area contributed by atoms with E-state index in [-0.39, 0.29) is 17.4 Å². The van der Waals surface area contributed by atoms with E-state index in [1.807, 2.05) is 0 Å². The SMILES string of the molecule is O=C(COC(=O)C[C@@H]1C[C@H]2CC[C@@H]1C2)Nc1ccccc1OC(F)F. The molecule has 2 fully saturated rings. The molecule has 136 valence electrons. The Hall–Kier alpha value is -2.18. The largest absolute Gasteiger partial charge is 0.456 e. The average Bonchev–Trinajstić information content (AvgIpc) is 3.17. The van der Waals surface area contributed by atoms with Crippen LogP contribution in [0.3, 0.4) is 0 Å². The van der Waals surface area contributed by atoms with Gasteiger partial charge in [0.2, 0.25) is 0 Å². The molecular formula is C18H21F2NO4. The third kappa shape index (κ3) is 4.67. The number of para-hydroxylation sites is 2. The number of anilines is 1. The minimum Gasteiger partial charge on any atom is -0.456 e. The summed E-state index contributed by atoms with van der Waals surface area (Å²) in [7, 11) is 0. The number of halogens is 2. The number of ether oxygens (including phenoxy) is 2. The Morgan fingerprint density at radius 2 is 2.00 bits per heavy atom. The molecular weight excluding hydrogens is 332 g/mol. The highest BCUT2D eigenvalue weighted by molar-refractivity contribution is 5.94. The first kappa shape index (κ1) is 17.6. The summed E-state index contributed by atoms with van der Waals surface area (Å²) in [4.78, 5) is 23.8. The standard InChI is InChI=1S/C18H21F2NO4/c19-18(20)25-15-4-2-1-3-14(15)21-16(22)10-24-17(23)9-13-8-11-5-6-12(13)7-11/h1-4,11-13,18H,5-10H2,(H,21,22)/t11-,12+,13-/m0/s1. The third-order valence-electron chi connectivity index (χ3n) is 5.05. The van der Waals surface area contributed by atoms with Crippen molar-refractivity contribution in [3.05, 3.63) is 24.3 Å². The number of carbonyl (C=O) groups is 2. The highest BCUT2D eigenvalue weighted by Gasteiger charge is 2.40. The van der Waals surface area contributed by atoms with Crippen LogP contribution in [0.2, 0.25) is 0 Å². The number of rotatable bonds is 7. The van der Waals surface area contributed by atoms with E-state index in [1.54, 1.807) is 6.07 Å². The van der Waals surface area contributed by atoms with Crippen molar-refractivity contribution in [2.24, 2.45) is 17.8 Å². The zero-order valence-corrected chi connectivity index (χ0v) is 13.8. The number of esters is 1. The van der Waals surface area contributed by atoms with Crippen LogP contribution in [0.25, 0.3) is 0 Å². The first-order chi connectivity index (χ1) is 12.0. The summed E-state index contributed by atoms with van der Waals surface area (Å²) < 4.78 is 34.0. The van der Waals surface area contributed by atoms with Crippen molar-refractivity contribution in [3.8, 4) is 5.75 Å². The Morgan fingerprint density at radius 3 is 2.68 bits per heavy atom. The van der Waals surface area contributed by atoms with E-state index in [9.17, 15) is 18.4 Å². The highest BCUT2D eigenvalue weighted by atomic mass is 19.3. The molecule has 1 amide bonds. The number of amides is 1. The molecule has 0 spiro atoms. The third-order valence-corrected chi connectivity index (χ3v) is 5.05. The van der Waals surface area contributed by atoms with Crippen molar-refractivity contribution in [2.75, 3.05) is 11.9 Å². The molecule has 5 nitrogen and oxygen atoms in total. The molecule has 3 rings (SSSR count). The Bertz CT molecular complexity index is 637. The van der Waals surface area contributed by atoms with Crippen LogP contribution < -0.4 is 10.1 Å². The van der Waals surface area contributed by atoms with Crippen LogP contribution in [-0.4, -0.2) is 25.1 Å². The molecule has 0 aliphatic heterocycles. The minimum absolute atomic E-state index is 0.108. The second kappa shape index (κ2) is 7.80. The van der Waals surface area contributed by atoms with Crippen molar-refractivity contribution in [1.82, 2.24) is 0 Å². The molecule has 3 atom stereocenters. The molecule has 2 bridgehead atoms. The Labute approximate surface area is 144 Å². The van der Waals surface area contributed by atoms with Gasteiger partial charge < -0.3 is 14.8 Å². The molecule has 0 unspecified atom stereocenters. The van der Waals surface area contributed by atoms with Crippen LogP contribution in [-0.2, 0) is 14.3 Å². The molecule has 25 heavy (non-hydrogen) atoms. The summed E-state index contributed by atoms with van der Waals surface area (Å²) in [5, 5.41) is 2.42. The van der Waals surface area contributed by atoms with Gasteiger partial charge in [-0.1, -0.05) is 18.6 Å². The fourth-order valence-corrected chi connectivity index (χ4v) is 4.00. The van der Waals surface area contributed by atoms with E-state index >= 15 is 0 Å². The Balaban J connectivity index is 1.44. The van der Waals surface area contributed by atoms with Crippen LogP contribution in [0.1, 0.15) is 32.1 Å². The van der Waals surface area contributed by atoms with Gasteiger partial charge in [-0.25, -0.2) is 0 Å². The number of hydrogen-bond donors (Lipinski definition) is 1. The first-order valence-corrected chi connectivity index (χ1v) is 8.50. The molecule has 0 aromatic heterocycles.